The van der Waals surface area contributed by atoms with Crippen LogP contribution in [0.1, 0.15) is 43.0 Å². The standard InChI is InChI=1S/C21H22N8O/c1-29-11-15(10-25-29)16-8-13(6-7-22-16)9-17(30)26-20-18-21(24-12-23-20)28-19(27-18)14-4-2-3-5-14/h6-8,10-12,14H,2-5,9H2,1H3,(H2,23,24,26,27,28,30). The molecule has 0 aromatic carbocycles. The Hall–Kier alpha value is -3.62. The monoisotopic (exact) mass is 402 g/mol. The quantitative estimate of drug-likeness (QED) is 0.530. The summed E-state index contributed by atoms with van der Waals surface area (Å²) in [6.45, 7) is 0. The normalized spacial score (nSPS) is 14.4. The minimum atomic E-state index is -0.157. The van der Waals surface area contributed by atoms with E-state index in [1.165, 1.54) is 19.2 Å². The zero-order chi connectivity index (χ0) is 20.5. The molecule has 1 aliphatic rings. The number of imidazole rings is 1. The van der Waals surface area contributed by atoms with E-state index in [2.05, 4.69) is 35.3 Å². The molecule has 0 bridgehead atoms. The molecule has 9 nitrogen and oxygen atoms in total. The van der Waals surface area contributed by atoms with Crippen LogP contribution in [-0.2, 0) is 18.3 Å². The Morgan fingerprint density at radius 2 is 2.13 bits per heavy atom. The molecule has 2 N–H and O–H groups in total. The van der Waals surface area contributed by atoms with Crippen molar-refractivity contribution >= 4 is 22.9 Å². The Balaban J connectivity index is 1.34. The van der Waals surface area contributed by atoms with Gasteiger partial charge in [-0.25, -0.2) is 15.0 Å². The summed E-state index contributed by atoms with van der Waals surface area (Å²) in [6.07, 6.45) is 11.7. The van der Waals surface area contributed by atoms with E-state index in [0.717, 1.165) is 35.5 Å². The first kappa shape index (κ1) is 18.4. The van der Waals surface area contributed by atoms with Gasteiger partial charge in [-0.2, -0.15) is 5.10 Å². The summed E-state index contributed by atoms with van der Waals surface area (Å²) in [7, 11) is 1.86. The van der Waals surface area contributed by atoms with Crippen LogP contribution in [0.4, 0.5) is 5.82 Å². The molecule has 4 heterocycles. The number of carbonyl (C=O) groups is 1. The number of nitrogens with one attached hydrogen (secondary N) is 2. The van der Waals surface area contributed by atoms with Gasteiger partial charge in [0.2, 0.25) is 5.91 Å². The van der Waals surface area contributed by atoms with Gasteiger partial charge in [0.05, 0.1) is 18.3 Å². The van der Waals surface area contributed by atoms with Gasteiger partial charge in [-0.3, -0.25) is 14.5 Å². The first-order valence-electron chi connectivity index (χ1n) is 10.1. The first-order valence-corrected chi connectivity index (χ1v) is 10.1. The van der Waals surface area contributed by atoms with E-state index in [9.17, 15) is 4.79 Å². The largest absolute Gasteiger partial charge is 0.337 e. The average molecular weight is 402 g/mol. The lowest BCUT2D eigenvalue weighted by Gasteiger charge is -2.06. The molecule has 1 aliphatic carbocycles. The maximum Gasteiger partial charge on any atom is 0.230 e. The molecular formula is C21H22N8O. The second-order valence-electron chi connectivity index (χ2n) is 7.70. The van der Waals surface area contributed by atoms with E-state index in [4.69, 9.17) is 0 Å². The molecule has 0 atom stereocenters. The highest BCUT2D eigenvalue weighted by atomic mass is 16.1. The smallest absolute Gasteiger partial charge is 0.230 e. The highest BCUT2D eigenvalue weighted by molar-refractivity contribution is 5.97. The van der Waals surface area contributed by atoms with Crippen molar-refractivity contribution in [1.82, 2.24) is 34.7 Å². The predicted molar refractivity (Wildman–Crippen MR) is 112 cm³/mol. The van der Waals surface area contributed by atoms with Gasteiger partial charge in [-0.05, 0) is 30.5 Å². The average Bonchev–Trinajstić information content (AvgIpc) is 3.48. The molecule has 9 heteroatoms. The van der Waals surface area contributed by atoms with Crippen molar-refractivity contribution in [3.05, 3.63) is 48.4 Å². The summed E-state index contributed by atoms with van der Waals surface area (Å²) in [5.41, 5.74) is 3.83. The number of aromatic amines is 1. The number of fused-ring (bicyclic) bond motifs is 1. The van der Waals surface area contributed by atoms with E-state index in [0.29, 0.717) is 22.9 Å². The number of anilines is 1. The third kappa shape index (κ3) is 3.66. The second kappa shape index (κ2) is 7.66. The number of hydrogen-bond acceptors (Lipinski definition) is 6. The topological polar surface area (TPSA) is 114 Å². The van der Waals surface area contributed by atoms with E-state index in [1.54, 1.807) is 17.1 Å². The molecule has 1 fully saturated rings. The lowest BCUT2D eigenvalue weighted by molar-refractivity contribution is -0.115. The summed E-state index contributed by atoms with van der Waals surface area (Å²) < 4.78 is 1.72. The van der Waals surface area contributed by atoms with Crippen molar-refractivity contribution in [2.75, 3.05) is 5.32 Å². The van der Waals surface area contributed by atoms with Crippen molar-refractivity contribution in [1.29, 1.82) is 0 Å². The number of H-pyrrole nitrogens is 1. The Kier molecular flexibility index (Phi) is 4.70. The molecule has 4 aromatic heterocycles. The molecule has 0 radical (unpaired) electrons. The summed E-state index contributed by atoms with van der Waals surface area (Å²) in [5, 5.41) is 7.08. The maximum atomic E-state index is 12.7. The Bertz CT molecular complexity index is 1200. The van der Waals surface area contributed by atoms with Crippen LogP contribution in [0.2, 0.25) is 0 Å². The third-order valence-electron chi connectivity index (χ3n) is 5.50. The van der Waals surface area contributed by atoms with Crippen LogP contribution in [0.15, 0.2) is 37.1 Å². The number of aryl methyl sites for hydroxylation is 1. The fourth-order valence-corrected chi connectivity index (χ4v) is 3.99. The summed E-state index contributed by atoms with van der Waals surface area (Å²) in [5.74, 6) is 1.68. The number of amides is 1. The minimum absolute atomic E-state index is 0.157. The van der Waals surface area contributed by atoms with Gasteiger partial charge in [-0.15, -0.1) is 0 Å². The fourth-order valence-electron chi connectivity index (χ4n) is 3.99. The molecule has 5 rings (SSSR count). The summed E-state index contributed by atoms with van der Waals surface area (Å²) in [4.78, 5) is 33.5. The van der Waals surface area contributed by atoms with Crippen LogP contribution < -0.4 is 5.32 Å². The van der Waals surface area contributed by atoms with Crippen LogP contribution in [0.5, 0.6) is 0 Å². The zero-order valence-corrected chi connectivity index (χ0v) is 16.7. The van der Waals surface area contributed by atoms with Crippen molar-refractivity contribution in [2.24, 2.45) is 7.05 Å². The molecule has 1 saturated carbocycles. The Morgan fingerprint density at radius 3 is 2.93 bits per heavy atom. The van der Waals surface area contributed by atoms with E-state index in [1.807, 2.05) is 25.4 Å². The number of nitrogens with zero attached hydrogens (tertiary/aromatic N) is 6. The van der Waals surface area contributed by atoms with Gasteiger partial charge < -0.3 is 10.3 Å². The highest BCUT2D eigenvalue weighted by Gasteiger charge is 2.22. The second-order valence-corrected chi connectivity index (χ2v) is 7.70. The number of pyridine rings is 1. The van der Waals surface area contributed by atoms with E-state index in [-0.39, 0.29) is 12.3 Å². The highest BCUT2D eigenvalue weighted by Crippen LogP contribution is 2.33. The van der Waals surface area contributed by atoms with E-state index >= 15 is 0 Å². The van der Waals surface area contributed by atoms with Gasteiger partial charge >= 0.3 is 0 Å². The van der Waals surface area contributed by atoms with Crippen LogP contribution in [0.3, 0.4) is 0 Å². The lowest BCUT2D eigenvalue weighted by atomic mass is 10.1. The van der Waals surface area contributed by atoms with Crippen LogP contribution in [0.25, 0.3) is 22.4 Å². The number of hydrogen-bond donors (Lipinski definition) is 2. The first-order chi connectivity index (χ1) is 14.7. The fraction of sp³-hybridized carbons (Fsp3) is 0.333. The molecule has 0 aliphatic heterocycles. The molecule has 0 unspecified atom stereocenters. The molecule has 152 valence electrons. The molecule has 1 amide bonds. The van der Waals surface area contributed by atoms with Gasteiger partial charge in [0, 0.05) is 30.9 Å². The van der Waals surface area contributed by atoms with E-state index < -0.39 is 0 Å². The van der Waals surface area contributed by atoms with Gasteiger partial charge in [0.1, 0.15) is 17.7 Å². The van der Waals surface area contributed by atoms with Crippen LogP contribution in [0, 0.1) is 0 Å². The number of aromatic nitrogens is 7. The van der Waals surface area contributed by atoms with Crippen LogP contribution in [-0.4, -0.2) is 40.6 Å². The predicted octanol–water partition coefficient (Wildman–Crippen LogP) is 2.99. The van der Waals surface area contributed by atoms with Crippen LogP contribution >= 0.6 is 0 Å². The molecule has 4 aromatic rings. The van der Waals surface area contributed by atoms with Crippen molar-refractivity contribution in [2.45, 2.75) is 38.0 Å². The third-order valence-corrected chi connectivity index (χ3v) is 5.50. The zero-order valence-electron chi connectivity index (χ0n) is 16.7. The Labute approximate surface area is 173 Å². The SMILES string of the molecule is Cn1cc(-c2cc(CC(=O)Nc3ncnc4nc(C5CCCC5)[nH]c34)ccn2)cn1. The van der Waals surface area contributed by atoms with Gasteiger partial charge in [-0.1, -0.05) is 12.8 Å². The number of rotatable bonds is 5. The molecule has 0 spiro atoms. The van der Waals surface area contributed by atoms with Gasteiger partial charge in [0.25, 0.3) is 0 Å². The number of carbonyl (C=O) groups excluding carboxylic acids is 1. The van der Waals surface area contributed by atoms with Crippen molar-refractivity contribution in [3.63, 3.8) is 0 Å². The molecular weight excluding hydrogens is 380 g/mol. The van der Waals surface area contributed by atoms with Crippen molar-refractivity contribution < 1.29 is 4.79 Å². The lowest BCUT2D eigenvalue weighted by Crippen LogP contribution is -2.16. The molecule has 0 saturated heterocycles. The van der Waals surface area contributed by atoms with Gasteiger partial charge in [0.15, 0.2) is 11.5 Å². The maximum absolute atomic E-state index is 12.7. The summed E-state index contributed by atoms with van der Waals surface area (Å²) in [6, 6.07) is 3.74. The summed E-state index contributed by atoms with van der Waals surface area (Å²) >= 11 is 0. The minimum Gasteiger partial charge on any atom is -0.337 e. The van der Waals surface area contributed by atoms with Crippen molar-refractivity contribution in [3.8, 4) is 11.3 Å². The molecule has 30 heavy (non-hydrogen) atoms. The Morgan fingerprint density at radius 1 is 1.27 bits per heavy atom.